The Kier molecular flexibility index (Phi) is 13.0. The largest absolute Gasteiger partial charge is 0.459 e. The van der Waals surface area contributed by atoms with Crippen molar-refractivity contribution >= 4 is 74.8 Å². The highest BCUT2D eigenvalue weighted by molar-refractivity contribution is 7.14. The van der Waals surface area contributed by atoms with Crippen LogP contribution < -0.4 is 10.6 Å². The number of ether oxygens (including phenoxy) is 2. The van der Waals surface area contributed by atoms with Crippen molar-refractivity contribution in [3.05, 3.63) is 91.0 Å². The third kappa shape index (κ3) is 10.5. The molecule has 1 aromatic heterocycles. The summed E-state index contributed by atoms with van der Waals surface area (Å²) in [7, 11) is 0. The highest BCUT2D eigenvalue weighted by atomic mass is 35.5. The van der Waals surface area contributed by atoms with E-state index in [-0.39, 0.29) is 41.3 Å². The number of aromatic nitrogens is 1. The molecule has 3 amide bonds. The zero-order valence-corrected chi connectivity index (χ0v) is 27.8. The fraction of sp³-hybridized carbons (Fsp3) is 0.276. The van der Waals surface area contributed by atoms with Gasteiger partial charge in [-0.3, -0.25) is 39.4 Å². The molecule has 0 spiro atoms. The molecular weight excluding hydrogens is 722 g/mol. The van der Waals surface area contributed by atoms with Crippen molar-refractivity contribution < 1.29 is 53.0 Å². The van der Waals surface area contributed by atoms with E-state index in [1.807, 2.05) is 0 Å². The number of nitrogens with one attached hydrogen (secondary N) is 2. The fourth-order valence-corrected chi connectivity index (χ4v) is 4.86. The summed E-state index contributed by atoms with van der Waals surface area (Å²) in [6, 6.07) is 8.73. The SMILES string of the molecule is C[C@H]1[C@H](NC(=O)C(=NOCC(=O)OCc2ccc([N+](=O)[O-])cc2)c2csc(NC(=O)CCl)n2)C(=O)N1OCC(=O)OCc1ccc([N+](=O)[O-])cc1. The first kappa shape index (κ1) is 37.8. The minimum Gasteiger partial charge on any atom is -0.459 e. The van der Waals surface area contributed by atoms with E-state index in [0.717, 1.165) is 16.4 Å². The smallest absolute Gasteiger partial charge is 0.347 e. The van der Waals surface area contributed by atoms with Crippen molar-refractivity contribution in [1.82, 2.24) is 15.4 Å². The van der Waals surface area contributed by atoms with Gasteiger partial charge in [0.05, 0.1) is 15.9 Å². The Labute approximate surface area is 295 Å². The molecule has 0 bridgehead atoms. The number of carbonyl (C=O) groups excluding carboxylic acids is 5. The number of esters is 2. The number of anilines is 1. The third-order valence-corrected chi connectivity index (χ3v) is 7.71. The van der Waals surface area contributed by atoms with Crippen LogP contribution >= 0.6 is 22.9 Å². The normalized spacial score (nSPS) is 15.3. The molecule has 22 heteroatoms. The van der Waals surface area contributed by atoms with Crippen molar-refractivity contribution in [3.63, 3.8) is 0 Å². The van der Waals surface area contributed by atoms with Crippen LogP contribution in [0.2, 0.25) is 0 Å². The highest BCUT2D eigenvalue weighted by Gasteiger charge is 2.47. The first-order valence-electron chi connectivity index (χ1n) is 14.4. The van der Waals surface area contributed by atoms with E-state index in [2.05, 4.69) is 20.8 Å². The second kappa shape index (κ2) is 17.6. The van der Waals surface area contributed by atoms with E-state index in [0.29, 0.717) is 11.1 Å². The van der Waals surface area contributed by atoms with Crippen molar-refractivity contribution in [1.29, 1.82) is 0 Å². The predicted octanol–water partition coefficient (Wildman–Crippen LogP) is 1.99. The van der Waals surface area contributed by atoms with Gasteiger partial charge in [-0.2, -0.15) is 0 Å². The molecule has 1 aliphatic rings. The third-order valence-electron chi connectivity index (χ3n) is 6.71. The molecule has 0 radical (unpaired) electrons. The number of hydrogen-bond donors (Lipinski definition) is 2. The molecule has 51 heavy (non-hydrogen) atoms. The Hall–Kier alpha value is -6.06. The molecular formula is C29H26ClN7O13S. The van der Waals surface area contributed by atoms with Gasteiger partial charge in [-0.05, 0) is 42.3 Å². The van der Waals surface area contributed by atoms with Crippen LogP contribution in [-0.4, -0.2) is 86.4 Å². The maximum atomic E-state index is 13.3. The summed E-state index contributed by atoms with van der Waals surface area (Å²) in [4.78, 5) is 97.0. The number of halogens is 1. The maximum Gasteiger partial charge on any atom is 0.347 e. The van der Waals surface area contributed by atoms with E-state index in [4.69, 9.17) is 30.7 Å². The van der Waals surface area contributed by atoms with E-state index in [1.165, 1.54) is 60.8 Å². The second-order valence-electron chi connectivity index (χ2n) is 10.2. The summed E-state index contributed by atoms with van der Waals surface area (Å²) >= 11 is 6.44. The average molecular weight is 748 g/mol. The summed E-state index contributed by atoms with van der Waals surface area (Å²) in [6.07, 6.45) is 0. The molecule has 0 unspecified atom stereocenters. The van der Waals surface area contributed by atoms with Crippen molar-refractivity contribution in [2.24, 2.45) is 5.16 Å². The predicted molar refractivity (Wildman–Crippen MR) is 174 cm³/mol. The van der Waals surface area contributed by atoms with Crippen molar-refractivity contribution in [3.8, 4) is 0 Å². The second-order valence-corrected chi connectivity index (χ2v) is 11.4. The van der Waals surface area contributed by atoms with Crippen LogP contribution in [0.5, 0.6) is 0 Å². The number of nitro benzene ring substituents is 2. The molecule has 268 valence electrons. The van der Waals surface area contributed by atoms with Gasteiger partial charge in [-0.1, -0.05) is 5.16 Å². The Morgan fingerprint density at radius 3 is 2.00 bits per heavy atom. The number of β-lactam (4-membered cyclic amide) rings is 1. The lowest BCUT2D eigenvalue weighted by atomic mass is 10.00. The number of nitrogens with zero attached hydrogens (tertiary/aromatic N) is 5. The van der Waals surface area contributed by atoms with Crippen LogP contribution in [0.15, 0.2) is 59.1 Å². The minimum absolute atomic E-state index is 0.0618. The van der Waals surface area contributed by atoms with Crippen molar-refractivity contribution in [2.45, 2.75) is 32.2 Å². The zero-order valence-electron chi connectivity index (χ0n) is 26.2. The number of non-ortho nitro benzene ring substituents is 2. The minimum atomic E-state index is -1.14. The van der Waals surface area contributed by atoms with Crippen LogP contribution in [0.1, 0.15) is 23.7 Å². The molecule has 1 fully saturated rings. The van der Waals surface area contributed by atoms with Gasteiger partial charge in [0.1, 0.15) is 30.8 Å². The number of oxime groups is 1. The number of hydrogen-bond acceptors (Lipinski definition) is 16. The van der Waals surface area contributed by atoms with Gasteiger partial charge < -0.3 is 24.9 Å². The Bertz CT molecular complexity index is 1840. The summed E-state index contributed by atoms with van der Waals surface area (Å²) in [5, 5.41) is 32.4. The lowest BCUT2D eigenvalue weighted by molar-refractivity contribution is -0.385. The first-order valence-corrected chi connectivity index (χ1v) is 15.8. The van der Waals surface area contributed by atoms with Crippen LogP contribution in [0.25, 0.3) is 0 Å². The number of rotatable bonds is 17. The Balaban J connectivity index is 1.32. The van der Waals surface area contributed by atoms with E-state index >= 15 is 0 Å². The lowest BCUT2D eigenvalue weighted by Gasteiger charge is -2.43. The molecule has 2 atom stereocenters. The standard InChI is InChI=1S/C29H26ClN7O13S/c1-16-25(28(42)35(16)50-14-24(40)48-12-18-4-8-20(9-5-18)37(45)46)33-27(41)26(21-15-51-29(31-21)32-22(38)10-30)34-49-13-23(39)47-11-17-2-6-19(7-3-17)36(43)44/h2-9,15-16,25H,10-14H2,1H3,(H,33,41)(H,31,32,38)/t16-,25-/m0/s1. The average Bonchev–Trinajstić information content (AvgIpc) is 3.58. The molecule has 0 saturated carbocycles. The molecule has 2 aromatic carbocycles. The van der Waals surface area contributed by atoms with Gasteiger partial charge in [0.15, 0.2) is 17.5 Å². The van der Waals surface area contributed by atoms with Gasteiger partial charge in [0.25, 0.3) is 23.2 Å². The van der Waals surface area contributed by atoms with Crippen LogP contribution in [0.3, 0.4) is 0 Å². The van der Waals surface area contributed by atoms with Gasteiger partial charge in [-0.25, -0.2) is 19.6 Å². The van der Waals surface area contributed by atoms with Crippen molar-refractivity contribution in [2.75, 3.05) is 24.4 Å². The number of nitro groups is 2. The molecule has 3 aromatic rings. The summed E-state index contributed by atoms with van der Waals surface area (Å²) in [5.41, 5.74) is 0.108. The molecule has 4 rings (SSSR count). The zero-order chi connectivity index (χ0) is 37.1. The molecule has 2 N–H and O–H groups in total. The number of alkyl halides is 1. The fourth-order valence-electron chi connectivity index (χ4n) is 4.08. The van der Waals surface area contributed by atoms with Gasteiger partial charge in [0.2, 0.25) is 12.5 Å². The highest BCUT2D eigenvalue weighted by Crippen LogP contribution is 2.22. The summed E-state index contributed by atoms with van der Waals surface area (Å²) in [6.45, 7) is -0.321. The maximum absolute atomic E-state index is 13.3. The van der Waals surface area contributed by atoms with Crippen LogP contribution in [0.4, 0.5) is 16.5 Å². The van der Waals surface area contributed by atoms with E-state index < -0.39 is 70.5 Å². The summed E-state index contributed by atoms with van der Waals surface area (Å²) < 4.78 is 10.1. The van der Waals surface area contributed by atoms with E-state index in [9.17, 15) is 44.2 Å². The van der Waals surface area contributed by atoms with E-state index in [1.54, 1.807) is 0 Å². The molecule has 2 heterocycles. The number of carbonyl (C=O) groups is 5. The molecule has 1 aliphatic heterocycles. The molecule has 20 nitrogen and oxygen atoms in total. The number of benzene rings is 2. The Morgan fingerprint density at radius 1 is 0.941 bits per heavy atom. The van der Waals surface area contributed by atoms with Gasteiger partial charge in [-0.15, -0.1) is 22.9 Å². The Morgan fingerprint density at radius 2 is 1.49 bits per heavy atom. The first-order chi connectivity index (χ1) is 24.4. The number of hydroxylamine groups is 2. The lowest BCUT2D eigenvalue weighted by Crippen LogP contribution is -2.70. The molecule has 1 saturated heterocycles. The van der Waals surface area contributed by atoms with Crippen LogP contribution in [-0.2, 0) is 56.3 Å². The number of amides is 3. The molecule has 0 aliphatic carbocycles. The quantitative estimate of drug-likeness (QED) is 0.0500. The monoisotopic (exact) mass is 747 g/mol. The topological polar surface area (TPSA) is 261 Å². The summed E-state index contributed by atoms with van der Waals surface area (Å²) in [5.74, 6) is -4.34. The number of thiazole rings is 1. The van der Waals surface area contributed by atoms with Gasteiger partial charge in [0, 0.05) is 29.6 Å². The van der Waals surface area contributed by atoms with Gasteiger partial charge >= 0.3 is 11.9 Å². The van der Waals surface area contributed by atoms with Crippen LogP contribution in [0, 0.1) is 20.2 Å².